The van der Waals surface area contributed by atoms with Gasteiger partial charge >= 0.3 is 0 Å². The van der Waals surface area contributed by atoms with Crippen LogP contribution in [0.15, 0.2) is 67.4 Å². The van der Waals surface area contributed by atoms with Crippen LogP contribution in [0, 0.1) is 5.92 Å². The van der Waals surface area contributed by atoms with E-state index in [1.807, 2.05) is 49.6 Å². The zero-order valence-corrected chi connectivity index (χ0v) is 19.3. The zero-order chi connectivity index (χ0) is 22.6. The van der Waals surface area contributed by atoms with Gasteiger partial charge in [0.2, 0.25) is 0 Å². The molecule has 4 aromatic rings. The fourth-order valence-corrected chi connectivity index (χ4v) is 4.57. The second-order valence-corrected chi connectivity index (χ2v) is 8.84. The highest BCUT2D eigenvalue weighted by Gasteiger charge is 2.14. The molecule has 5 rings (SSSR count). The van der Waals surface area contributed by atoms with Gasteiger partial charge in [-0.1, -0.05) is 18.2 Å². The Bertz CT molecular complexity index is 1280. The summed E-state index contributed by atoms with van der Waals surface area (Å²) in [6.45, 7) is 4.29. The molecule has 0 aliphatic carbocycles. The molecule has 1 aliphatic rings. The van der Waals surface area contributed by atoms with Crippen molar-refractivity contribution in [1.29, 1.82) is 0 Å². The van der Waals surface area contributed by atoms with Crippen LogP contribution in [0.2, 0.25) is 0 Å². The Morgan fingerprint density at radius 2 is 1.94 bits per heavy atom. The van der Waals surface area contributed by atoms with Crippen LogP contribution in [0.25, 0.3) is 27.6 Å². The Morgan fingerprint density at radius 3 is 2.73 bits per heavy atom. The summed E-state index contributed by atoms with van der Waals surface area (Å²) in [5.41, 5.74) is 5.67. The lowest BCUT2D eigenvalue weighted by Crippen LogP contribution is -2.28. The fourth-order valence-electron chi connectivity index (χ4n) is 4.57. The van der Waals surface area contributed by atoms with Crippen molar-refractivity contribution in [2.24, 2.45) is 13.0 Å². The summed E-state index contributed by atoms with van der Waals surface area (Å²) in [5, 5.41) is 13.5. The molecule has 0 unspecified atom stereocenters. The van der Waals surface area contributed by atoms with Gasteiger partial charge in [0.1, 0.15) is 5.82 Å². The largest absolute Gasteiger partial charge is 0.340 e. The molecule has 1 fully saturated rings. The van der Waals surface area contributed by atoms with Gasteiger partial charge in [0.05, 0.1) is 6.20 Å². The highest BCUT2D eigenvalue weighted by Crippen LogP contribution is 2.27. The monoisotopic (exact) mass is 438 g/mol. The number of benzene rings is 1. The number of piperidine rings is 1. The van der Waals surface area contributed by atoms with Crippen molar-refractivity contribution in [3.05, 3.63) is 78.5 Å². The highest BCUT2D eigenvalue weighted by molar-refractivity contribution is 5.89. The van der Waals surface area contributed by atoms with Crippen molar-refractivity contribution in [3.8, 4) is 11.1 Å². The molecule has 0 saturated carbocycles. The van der Waals surface area contributed by atoms with E-state index in [0.717, 1.165) is 64.4 Å². The van der Waals surface area contributed by atoms with Crippen LogP contribution in [0.4, 0.5) is 5.82 Å². The third-order valence-corrected chi connectivity index (χ3v) is 6.40. The normalized spacial score (nSPS) is 15.2. The van der Waals surface area contributed by atoms with Gasteiger partial charge in [0.15, 0.2) is 0 Å². The van der Waals surface area contributed by atoms with Crippen LogP contribution >= 0.6 is 0 Å². The summed E-state index contributed by atoms with van der Waals surface area (Å²) >= 11 is 0. The summed E-state index contributed by atoms with van der Waals surface area (Å²) < 4.78 is 1.82. The van der Waals surface area contributed by atoms with Crippen molar-refractivity contribution < 1.29 is 0 Å². The molecule has 6 heteroatoms. The first kappa shape index (κ1) is 21.3. The molecule has 168 valence electrons. The molecule has 4 heterocycles. The van der Waals surface area contributed by atoms with Crippen LogP contribution in [0.3, 0.4) is 0 Å². The standard InChI is InChI=1S/C27H30N6/c1-3-26(24-11-20(14-29-15-24)10-19-6-8-28-9-7-19)32-27-13-23-12-21(4-5-22(23)16-30-27)25-17-31-33(2)18-25/h3-5,11-19,28H,6-10H2,1-2H3,(H,30,32)/b26-3+. The van der Waals surface area contributed by atoms with E-state index < -0.39 is 0 Å². The number of anilines is 1. The number of rotatable bonds is 6. The van der Waals surface area contributed by atoms with Crippen LogP contribution in [0.1, 0.15) is 30.9 Å². The quantitative estimate of drug-likeness (QED) is 0.441. The molecule has 1 aromatic carbocycles. The maximum atomic E-state index is 4.65. The maximum Gasteiger partial charge on any atom is 0.130 e. The van der Waals surface area contributed by atoms with E-state index in [1.54, 1.807) is 0 Å². The van der Waals surface area contributed by atoms with Gasteiger partial charge < -0.3 is 10.6 Å². The first-order valence-corrected chi connectivity index (χ1v) is 11.6. The minimum absolute atomic E-state index is 0.737. The van der Waals surface area contributed by atoms with Gasteiger partial charge in [0.25, 0.3) is 0 Å². The maximum absolute atomic E-state index is 4.65. The third kappa shape index (κ3) is 4.96. The van der Waals surface area contributed by atoms with Crippen LogP contribution < -0.4 is 10.6 Å². The molecular weight excluding hydrogens is 408 g/mol. The Balaban J connectivity index is 1.37. The molecule has 2 N–H and O–H groups in total. The van der Waals surface area contributed by atoms with E-state index in [4.69, 9.17) is 0 Å². The Kier molecular flexibility index (Phi) is 6.17. The lowest BCUT2D eigenvalue weighted by molar-refractivity contribution is 0.372. The van der Waals surface area contributed by atoms with E-state index in [2.05, 4.69) is 62.1 Å². The SMILES string of the molecule is C/C=C(/Nc1cc2cc(-c3cnn(C)c3)ccc2cn1)c1cncc(CC2CCNCC2)c1. The van der Waals surface area contributed by atoms with Gasteiger partial charge in [-0.05, 0) is 79.9 Å². The van der Waals surface area contributed by atoms with E-state index in [1.165, 1.54) is 18.4 Å². The van der Waals surface area contributed by atoms with Gasteiger partial charge in [-0.15, -0.1) is 0 Å². The number of nitrogens with one attached hydrogen (secondary N) is 2. The second-order valence-electron chi connectivity index (χ2n) is 8.84. The first-order chi connectivity index (χ1) is 16.2. The Labute approximate surface area is 194 Å². The van der Waals surface area contributed by atoms with Crippen molar-refractivity contribution in [2.75, 3.05) is 18.4 Å². The van der Waals surface area contributed by atoms with E-state index >= 15 is 0 Å². The smallest absolute Gasteiger partial charge is 0.130 e. The summed E-state index contributed by atoms with van der Waals surface area (Å²) in [4.78, 5) is 9.18. The van der Waals surface area contributed by atoms with Crippen molar-refractivity contribution in [3.63, 3.8) is 0 Å². The molecule has 0 amide bonds. The average molecular weight is 439 g/mol. The molecule has 0 bridgehead atoms. The average Bonchev–Trinajstić information content (AvgIpc) is 3.29. The second kappa shape index (κ2) is 9.55. The van der Waals surface area contributed by atoms with Gasteiger partial charge in [0, 0.05) is 54.0 Å². The molecule has 0 spiro atoms. The lowest BCUT2D eigenvalue weighted by Gasteiger charge is -2.22. The third-order valence-electron chi connectivity index (χ3n) is 6.40. The summed E-state index contributed by atoms with van der Waals surface area (Å²) in [6, 6.07) is 10.8. The van der Waals surface area contributed by atoms with E-state index in [-0.39, 0.29) is 0 Å². The highest BCUT2D eigenvalue weighted by atomic mass is 15.2. The van der Waals surface area contributed by atoms with Crippen molar-refractivity contribution >= 4 is 22.3 Å². The van der Waals surface area contributed by atoms with E-state index in [9.17, 15) is 0 Å². The van der Waals surface area contributed by atoms with Crippen LogP contribution in [0.5, 0.6) is 0 Å². The van der Waals surface area contributed by atoms with Gasteiger partial charge in [-0.2, -0.15) is 5.10 Å². The Hall–Kier alpha value is -3.51. The molecule has 3 aromatic heterocycles. The summed E-state index contributed by atoms with van der Waals surface area (Å²) in [7, 11) is 1.94. The molecule has 6 nitrogen and oxygen atoms in total. The number of pyridine rings is 2. The minimum Gasteiger partial charge on any atom is -0.340 e. The number of allylic oxidation sites excluding steroid dienone is 1. The number of aryl methyl sites for hydroxylation is 1. The number of fused-ring (bicyclic) bond motifs is 1. The van der Waals surface area contributed by atoms with Gasteiger partial charge in [-0.3, -0.25) is 9.67 Å². The summed E-state index contributed by atoms with van der Waals surface area (Å²) in [5.74, 6) is 1.56. The first-order valence-electron chi connectivity index (χ1n) is 11.6. The number of hydrogen-bond acceptors (Lipinski definition) is 5. The zero-order valence-electron chi connectivity index (χ0n) is 19.3. The summed E-state index contributed by atoms with van der Waals surface area (Å²) in [6.07, 6.45) is 15.4. The van der Waals surface area contributed by atoms with E-state index in [0.29, 0.717) is 0 Å². The van der Waals surface area contributed by atoms with Crippen molar-refractivity contribution in [1.82, 2.24) is 25.1 Å². The molecule has 1 aliphatic heterocycles. The fraction of sp³-hybridized carbons (Fsp3) is 0.296. The number of aromatic nitrogens is 4. The number of nitrogens with zero attached hydrogens (tertiary/aromatic N) is 4. The molecular formula is C27H30N6. The lowest BCUT2D eigenvalue weighted by atomic mass is 9.91. The van der Waals surface area contributed by atoms with Crippen LogP contribution in [-0.4, -0.2) is 32.8 Å². The van der Waals surface area contributed by atoms with Gasteiger partial charge in [-0.25, -0.2) is 4.98 Å². The van der Waals surface area contributed by atoms with Crippen LogP contribution in [-0.2, 0) is 13.5 Å². The molecule has 0 atom stereocenters. The number of hydrogen-bond donors (Lipinski definition) is 2. The Morgan fingerprint density at radius 1 is 1.06 bits per heavy atom. The molecule has 0 radical (unpaired) electrons. The predicted molar refractivity (Wildman–Crippen MR) is 135 cm³/mol. The van der Waals surface area contributed by atoms with Crippen molar-refractivity contribution in [2.45, 2.75) is 26.2 Å². The predicted octanol–water partition coefficient (Wildman–Crippen LogP) is 5.05. The topological polar surface area (TPSA) is 67.7 Å². The molecule has 33 heavy (non-hydrogen) atoms. The molecule has 1 saturated heterocycles. The minimum atomic E-state index is 0.737.